The van der Waals surface area contributed by atoms with Crippen LogP contribution in [-0.2, 0) is 15.0 Å². The van der Waals surface area contributed by atoms with Crippen molar-refractivity contribution in [1.29, 1.82) is 0 Å². The quantitative estimate of drug-likeness (QED) is 0.251. The fourth-order valence-corrected chi connectivity index (χ4v) is 5.28. The summed E-state index contributed by atoms with van der Waals surface area (Å²) in [5, 5.41) is 28.8. The number of nitrogens with zero attached hydrogens (tertiary/aromatic N) is 2. The second-order valence-electron chi connectivity index (χ2n) is 10.0. The number of hydrogen-bond donors (Lipinski definition) is 3. The van der Waals surface area contributed by atoms with Crippen molar-refractivity contribution in [3.8, 4) is 17.2 Å². The van der Waals surface area contributed by atoms with Gasteiger partial charge in [-0.05, 0) is 46.1 Å². The van der Waals surface area contributed by atoms with E-state index in [0.717, 1.165) is 5.75 Å². The maximum atomic E-state index is 14.0. The minimum atomic E-state index is -1.58. The number of nitrogens with one attached hydrogen (secondary N) is 1. The van der Waals surface area contributed by atoms with Gasteiger partial charge >= 0.3 is 0 Å². The highest BCUT2D eigenvalue weighted by Crippen LogP contribution is 2.57. The number of aromatic nitrogens is 2. The number of benzene rings is 1. The number of hydrogen-bond acceptors (Lipinski definition) is 11. The van der Waals surface area contributed by atoms with E-state index in [4.69, 9.17) is 9.26 Å². The molecule has 0 bridgehead atoms. The highest BCUT2D eigenvalue weighted by Gasteiger charge is 2.56. The molecule has 1 aromatic heterocycles. The topological polar surface area (TPSA) is 152 Å². The summed E-state index contributed by atoms with van der Waals surface area (Å²) < 4.78 is 11.3. The average Bonchev–Trinajstić information content (AvgIpc) is 3.44. The zero-order valence-corrected chi connectivity index (χ0v) is 23.2. The summed E-state index contributed by atoms with van der Waals surface area (Å²) in [6.45, 7) is 9.75. The van der Waals surface area contributed by atoms with Gasteiger partial charge in [-0.1, -0.05) is 19.0 Å². The molecule has 2 aliphatic rings. The number of phenolic OH excluding ortho intramolecular Hbond substituents is 2. The van der Waals surface area contributed by atoms with Crippen molar-refractivity contribution in [2.75, 3.05) is 12.0 Å². The van der Waals surface area contributed by atoms with Crippen LogP contribution in [0.25, 0.3) is 0 Å². The summed E-state index contributed by atoms with van der Waals surface area (Å²) in [7, 11) is 0. The van der Waals surface area contributed by atoms with E-state index in [1.807, 2.05) is 20.1 Å². The maximum Gasteiger partial charge on any atom is 0.249 e. The lowest BCUT2D eigenvalue weighted by Gasteiger charge is -2.29. The molecule has 0 saturated heterocycles. The second-order valence-corrected chi connectivity index (χ2v) is 11.0. The largest absolute Gasteiger partial charge is 0.507 e. The summed E-state index contributed by atoms with van der Waals surface area (Å²) in [6.07, 6.45) is 3.76. The van der Waals surface area contributed by atoms with Crippen LogP contribution in [0.5, 0.6) is 17.2 Å². The Balaban J connectivity index is 1.81. The van der Waals surface area contributed by atoms with Crippen LogP contribution in [0.2, 0.25) is 0 Å². The number of rotatable bonds is 8. The van der Waals surface area contributed by atoms with Gasteiger partial charge < -0.3 is 24.8 Å². The minimum absolute atomic E-state index is 0.0146. The molecule has 2 atom stereocenters. The fraction of sp³-hybridized carbons (Fsp3) is 0.444. The van der Waals surface area contributed by atoms with E-state index in [9.17, 15) is 24.6 Å². The molecular formula is C27H31N3O7S. The number of Topliss-reactive ketones (excluding diaryl/α,β-unsaturated/α-hetero) is 2. The Morgan fingerprint density at radius 1 is 1.21 bits per heavy atom. The molecule has 38 heavy (non-hydrogen) atoms. The van der Waals surface area contributed by atoms with Crippen LogP contribution in [0.4, 0.5) is 0 Å². The van der Waals surface area contributed by atoms with E-state index in [1.165, 1.54) is 26.8 Å². The summed E-state index contributed by atoms with van der Waals surface area (Å²) >= 11 is 1.63. The van der Waals surface area contributed by atoms with E-state index in [0.29, 0.717) is 23.8 Å². The predicted octanol–water partition coefficient (Wildman–Crippen LogP) is 4.16. The normalized spacial score (nSPS) is 20.6. The van der Waals surface area contributed by atoms with Crippen LogP contribution in [0.15, 0.2) is 27.6 Å². The highest BCUT2D eigenvalue weighted by atomic mass is 32.2. The Kier molecular flexibility index (Phi) is 7.17. The van der Waals surface area contributed by atoms with E-state index in [1.54, 1.807) is 18.7 Å². The van der Waals surface area contributed by atoms with E-state index < -0.39 is 34.6 Å². The number of ether oxygens (including phenoxy) is 1. The number of fused-ring (bicyclic) bond motifs is 3. The number of thioether (sulfide) groups is 1. The minimum Gasteiger partial charge on any atom is -0.507 e. The SMILES string of the molecule is CSCCC(NC(C)=C1C(=O)C=C2Oc3c(C(C)=O)c(O)c(C)c(O)c3[C@@]2(C)C1=O)c1nc(C(C)C)no1. The van der Waals surface area contributed by atoms with Gasteiger partial charge in [0.25, 0.3) is 0 Å². The summed E-state index contributed by atoms with van der Waals surface area (Å²) in [5.41, 5.74) is -1.45. The lowest BCUT2D eigenvalue weighted by Crippen LogP contribution is -2.41. The van der Waals surface area contributed by atoms with Crippen LogP contribution in [0.1, 0.15) is 86.2 Å². The monoisotopic (exact) mass is 541 g/mol. The van der Waals surface area contributed by atoms with Crippen LogP contribution in [0, 0.1) is 6.92 Å². The van der Waals surface area contributed by atoms with Crippen LogP contribution >= 0.6 is 11.8 Å². The van der Waals surface area contributed by atoms with Gasteiger partial charge in [0.1, 0.15) is 40.0 Å². The van der Waals surface area contributed by atoms with E-state index in [2.05, 4.69) is 15.5 Å². The first-order valence-electron chi connectivity index (χ1n) is 12.2. The van der Waals surface area contributed by atoms with Crippen LogP contribution in [-0.4, -0.2) is 49.7 Å². The zero-order valence-electron chi connectivity index (χ0n) is 22.4. The first-order chi connectivity index (χ1) is 17.8. The van der Waals surface area contributed by atoms with Crippen molar-refractivity contribution in [1.82, 2.24) is 15.5 Å². The van der Waals surface area contributed by atoms with Crippen molar-refractivity contribution in [3.05, 3.63) is 51.5 Å². The molecule has 1 aromatic carbocycles. The molecule has 2 aromatic rings. The molecule has 0 radical (unpaired) electrons. The number of allylic oxidation sites excluding steroid dienone is 4. The Bertz CT molecular complexity index is 1420. The third kappa shape index (κ3) is 4.18. The van der Waals surface area contributed by atoms with Gasteiger partial charge in [0, 0.05) is 23.3 Å². The predicted molar refractivity (Wildman–Crippen MR) is 141 cm³/mol. The third-order valence-electron chi connectivity index (χ3n) is 7.03. The lowest BCUT2D eigenvalue weighted by molar-refractivity contribution is -0.123. The molecule has 2 heterocycles. The number of aromatic hydroxyl groups is 2. The van der Waals surface area contributed by atoms with E-state index >= 15 is 0 Å². The molecule has 3 N–H and O–H groups in total. The highest BCUT2D eigenvalue weighted by molar-refractivity contribution is 7.98. The van der Waals surface area contributed by atoms with Gasteiger partial charge in [0.2, 0.25) is 5.89 Å². The number of phenols is 2. The molecule has 11 heteroatoms. The maximum absolute atomic E-state index is 14.0. The van der Waals surface area contributed by atoms with Gasteiger partial charge in [-0.3, -0.25) is 14.4 Å². The number of ketones is 3. The summed E-state index contributed by atoms with van der Waals surface area (Å²) in [5.74, 6) is -0.889. The van der Waals surface area contributed by atoms with Gasteiger partial charge in [-0.15, -0.1) is 0 Å². The number of carbonyl (C=O) groups excluding carboxylic acids is 3. The molecule has 0 fully saturated rings. The molecule has 1 aliphatic carbocycles. The molecule has 202 valence electrons. The van der Waals surface area contributed by atoms with Crippen LogP contribution < -0.4 is 10.1 Å². The first-order valence-corrected chi connectivity index (χ1v) is 13.6. The van der Waals surface area contributed by atoms with E-state index in [-0.39, 0.29) is 45.4 Å². The van der Waals surface area contributed by atoms with Crippen LogP contribution in [0.3, 0.4) is 0 Å². The summed E-state index contributed by atoms with van der Waals surface area (Å²) in [6, 6.07) is -0.447. The lowest BCUT2D eigenvalue weighted by atomic mass is 9.70. The Morgan fingerprint density at radius 2 is 1.89 bits per heavy atom. The second kappa shape index (κ2) is 9.94. The Hall–Kier alpha value is -3.60. The standard InChI is InChI=1S/C27H31N3O7S/c1-11(2)25-29-26(37-30-25)15(8-9-38-7)28-13(4)18-16(32)10-17-27(6,24(18)35)20-22(34)12(3)21(33)19(14(5)31)23(20)36-17/h10-11,15,28,33-34H,8-9H2,1-7H3/t15?,27-/m0/s1. The molecule has 1 aliphatic heterocycles. The molecule has 0 spiro atoms. The van der Waals surface area contributed by atoms with Crippen molar-refractivity contribution in [2.45, 2.75) is 65.3 Å². The van der Waals surface area contributed by atoms with Gasteiger partial charge in [0.05, 0.1) is 11.1 Å². The molecule has 1 unspecified atom stereocenters. The number of carbonyl (C=O) groups is 3. The van der Waals surface area contributed by atoms with Gasteiger partial charge in [-0.2, -0.15) is 16.7 Å². The van der Waals surface area contributed by atoms with Crippen molar-refractivity contribution < 1.29 is 33.9 Å². The Labute approximate surface area is 224 Å². The van der Waals surface area contributed by atoms with Gasteiger partial charge in [-0.25, -0.2) is 0 Å². The average molecular weight is 542 g/mol. The fourth-order valence-electron chi connectivity index (χ4n) is 4.81. The molecular weight excluding hydrogens is 510 g/mol. The van der Waals surface area contributed by atoms with Crippen molar-refractivity contribution in [3.63, 3.8) is 0 Å². The zero-order chi connectivity index (χ0) is 28.1. The third-order valence-corrected chi connectivity index (χ3v) is 7.68. The van der Waals surface area contributed by atoms with Crippen molar-refractivity contribution in [2.24, 2.45) is 0 Å². The van der Waals surface area contributed by atoms with Crippen molar-refractivity contribution >= 4 is 29.1 Å². The molecule has 10 nitrogen and oxygen atoms in total. The summed E-state index contributed by atoms with van der Waals surface area (Å²) in [4.78, 5) is 44.1. The first kappa shape index (κ1) is 27.4. The smallest absolute Gasteiger partial charge is 0.249 e. The van der Waals surface area contributed by atoms with Gasteiger partial charge in [0.15, 0.2) is 23.2 Å². The Morgan fingerprint density at radius 3 is 2.47 bits per heavy atom. The molecule has 4 rings (SSSR count). The molecule has 0 amide bonds. The molecule has 0 saturated carbocycles.